The smallest absolute Gasteiger partial charge is 0.253 e. The summed E-state index contributed by atoms with van der Waals surface area (Å²) in [6, 6.07) is 8.81. The van der Waals surface area contributed by atoms with Gasteiger partial charge in [0.2, 0.25) is 0 Å². The molecule has 4 heteroatoms. The molecule has 1 amide bonds. The van der Waals surface area contributed by atoms with Gasteiger partial charge in [0.1, 0.15) is 6.10 Å². The average Bonchev–Trinajstić information content (AvgIpc) is 3.12. The van der Waals surface area contributed by atoms with Gasteiger partial charge in [-0.15, -0.1) is 0 Å². The fourth-order valence-corrected chi connectivity index (χ4v) is 3.70. The van der Waals surface area contributed by atoms with E-state index >= 15 is 0 Å². The summed E-state index contributed by atoms with van der Waals surface area (Å²) >= 11 is 0. The highest BCUT2D eigenvalue weighted by molar-refractivity contribution is 5.94. The Morgan fingerprint density at radius 2 is 1.96 bits per heavy atom. The van der Waals surface area contributed by atoms with Crippen LogP contribution in [0.2, 0.25) is 0 Å². The number of carbonyl (C=O) groups excluding carboxylic acids is 1. The summed E-state index contributed by atoms with van der Waals surface area (Å²) in [5.41, 5.74) is 2.11. The number of hydrogen-bond acceptors (Lipinski definition) is 3. The van der Waals surface area contributed by atoms with E-state index in [-0.39, 0.29) is 12.0 Å². The molecular weight excluding hydrogens is 288 g/mol. The predicted octanol–water partition coefficient (Wildman–Crippen LogP) is 3.57. The zero-order chi connectivity index (χ0) is 16.1. The van der Waals surface area contributed by atoms with Crippen LogP contribution in [0.15, 0.2) is 24.3 Å². The van der Waals surface area contributed by atoms with Crippen LogP contribution in [0.1, 0.15) is 50.5 Å². The number of hydrogen-bond donors (Lipinski definition) is 1. The first-order chi connectivity index (χ1) is 11.2. The van der Waals surface area contributed by atoms with Crippen LogP contribution in [0.4, 0.5) is 5.69 Å². The van der Waals surface area contributed by atoms with Crippen LogP contribution in [0.5, 0.6) is 0 Å². The van der Waals surface area contributed by atoms with E-state index in [0.717, 1.165) is 25.1 Å². The molecule has 1 saturated carbocycles. The number of nitrogens with zero attached hydrogens (tertiary/aromatic N) is 1. The average molecular weight is 316 g/mol. The second-order valence-corrected chi connectivity index (χ2v) is 6.86. The molecule has 1 atom stereocenters. The summed E-state index contributed by atoms with van der Waals surface area (Å²) in [7, 11) is 2.20. The van der Waals surface area contributed by atoms with E-state index in [2.05, 4.69) is 23.3 Å². The molecule has 1 aromatic carbocycles. The van der Waals surface area contributed by atoms with Crippen molar-refractivity contribution in [3.63, 3.8) is 0 Å². The van der Waals surface area contributed by atoms with Crippen molar-refractivity contribution in [3.05, 3.63) is 29.8 Å². The Morgan fingerprint density at radius 3 is 2.70 bits per heavy atom. The molecule has 0 spiro atoms. The number of nitrogens with one attached hydrogen (secondary N) is 1. The highest BCUT2D eigenvalue weighted by atomic mass is 16.5. The number of rotatable bonds is 5. The first-order valence-electron chi connectivity index (χ1n) is 8.94. The van der Waals surface area contributed by atoms with E-state index in [1.807, 2.05) is 18.2 Å². The van der Waals surface area contributed by atoms with Crippen molar-refractivity contribution in [2.24, 2.45) is 0 Å². The SMILES string of the molecule is CN(Cc1ccccc1NC(=O)C1CCCO1)C1CCCCC1. The van der Waals surface area contributed by atoms with E-state index in [4.69, 9.17) is 4.74 Å². The van der Waals surface area contributed by atoms with Gasteiger partial charge in [0.25, 0.3) is 5.91 Å². The van der Waals surface area contributed by atoms with Gasteiger partial charge in [0.05, 0.1) is 0 Å². The second kappa shape index (κ2) is 7.93. The first-order valence-corrected chi connectivity index (χ1v) is 8.94. The molecule has 0 bridgehead atoms. The predicted molar refractivity (Wildman–Crippen MR) is 92.4 cm³/mol. The number of anilines is 1. The summed E-state index contributed by atoms with van der Waals surface area (Å²) in [5, 5.41) is 3.07. The van der Waals surface area contributed by atoms with Crippen LogP contribution in [0.3, 0.4) is 0 Å². The van der Waals surface area contributed by atoms with Crippen molar-refractivity contribution in [1.82, 2.24) is 4.90 Å². The third kappa shape index (κ3) is 4.33. The zero-order valence-corrected chi connectivity index (χ0v) is 14.1. The number of carbonyl (C=O) groups is 1. The van der Waals surface area contributed by atoms with Gasteiger partial charge in [-0.05, 0) is 44.4 Å². The van der Waals surface area contributed by atoms with Gasteiger partial charge >= 0.3 is 0 Å². The minimum atomic E-state index is -0.279. The van der Waals surface area contributed by atoms with Gasteiger partial charge in [-0.3, -0.25) is 9.69 Å². The van der Waals surface area contributed by atoms with Crippen LogP contribution in [0, 0.1) is 0 Å². The lowest BCUT2D eigenvalue weighted by Gasteiger charge is -2.31. The van der Waals surface area contributed by atoms with Crippen molar-refractivity contribution in [3.8, 4) is 0 Å². The second-order valence-electron chi connectivity index (χ2n) is 6.86. The van der Waals surface area contributed by atoms with Gasteiger partial charge in [0, 0.05) is 24.9 Å². The van der Waals surface area contributed by atoms with E-state index in [1.54, 1.807) is 0 Å². The number of ether oxygens (including phenoxy) is 1. The minimum Gasteiger partial charge on any atom is -0.368 e. The Labute approximate surface area is 139 Å². The quantitative estimate of drug-likeness (QED) is 0.903. The van der Waals surface area contributed by atoms with Crippen LogP contribution >= 0.6 is 0 Å². The minimum absolute atomic E-state index is 0.00438. The number of amides is 1. The number of para-hydroxylation sites is 1. The molecule has 23 heavy (non-hydrogen) atoms. The molecule has 1 heterocycles. The summed E-state index contributed by atoms with van der Waals surface area (Å²) in [6.07, 6.45) is 8.17. The number of benzene rings is 1. The lowest BCUT2D eigenvalue weighted by atomic mass is 9.94. The molecule has 1 aliphatic carbocycles. The molecule has 126 valence electrons. The molecule has 1 N–H and O–H groups in total. The maximum Gasteiger partial charge on any atom is 0.253 e. The third-order valence-corrected chi connectivity index (χ3v) is 5.12. The summed E-state index contributed by atoms with van der Waals surface area (Å²) in [5.74, 6) is -0.00438. The molecular formula is C19H28N2O2. The van der Waals surface area contributed by atoms with Crippen LogP contribution in [-0.4, -0.2) is 36.6 Å². The fraction of sp³-hybridized carbons (Fsp3) is 0.632. The van der Waals surface area contributed by atoms with Crippen LogP contribution < -0.4 is 5.32 Å². The van der Waals surface area contributed by atoms with Crippen molar-refractivity contribution in [2.75, 3.05) is 19.0 Å². The Hall–Kier alpha value is -1.39. The lowest BCUT2D eigenvalue weighted by molar-refractivity contribution is -0.124. The standard InChI is InChI=1S/C19H28N2O2/c1-21(16-9-3-2-4-10-16)14-15-8-5-6-11-17(15)20-19(22)18-12-7-13-23-18/h5-6,8,11,16,18H,2-4,7,9-10,12-14H2,1H3,(H,20,22). The Bertz CT molecular complexity index is 520. The van der Waals surface area contributed by atoms with E-state index in [1.165, 1.54) is 37.7 Å². The molecule has 1 saturated heterocycles. The summed E-state index contributed by atoms with van der Waals surface area (Å²) in [6.45, 7) is 1.58. The molecule has 1 aromatic rings. The molecule has 0 aromatic heterocycles. The maximum atomic E-state index is 12.3. The zero-order valence-electron chi connectivity index (χ0n) is 14.1. The molecule has 2 aliphatic rings. The topological polar surface area (TPSA) is 41.6 Å². The van der Waals surface area contributed by atoms with E-state index in [9.17, 15) is 4.79 Å². The van der Waals surface area contributed by atoms with Crippen molar-refractivity contribution >= 4 is 11.6 Å². The Kier molecular flexibility index (Phi) is 5.68. The Balaban J connectivity index is 1.63. The van der Waals surface area contributed by atoms with E-state index in [0.29, 0.717) is 12.6 Å². The molecule has 2 fully saturated rings. The van der Waals surface area contributed by atoms with Crippen LogP contribution in [0.25, 0.3) is 0 Å². The van der Waals surface area contributed by atoms with Crippen LogP contribution in [-0.2, 0) is 16.1 Å². The summed E-state index contributed by atoms with van der Waals surface area (Å²) < 4.78 is 5.48. The Morgan fingerprint density at radius 1 is 1.17 bits per heavy atom. The van der Waals surface area contributed by atoms with Gasteiger partial charge in [0.15, 0.2) is 0 Å². The monoisotopic (exact) mass is 316 g/mol. The normalized spacial score (nSPS) is 22.4. The highest BCUT2D eigenvalue weighted by Crippen LogP contribution is 2.25. The first kappa shape index (κ1) is 16.5. The highest BCUT2D eigenvalue weighted by Gasteiger charge is 2.24. The summed E-state index contributed by atoms with van der Waals surface area (Å²) in [4.78, 5) is 14.7. The lowest BCUT2D eigenvalue weighted by Crippen LogP contribution is -2.33. The van der Waals surface area contributed by atoms with Crippen molar-refractivity contribution < 1.29 is 9.53 Å². The van der Waals surface area contributed by atoms with Gasteiger partial charge in [-0.2, -0.15) is 0 Å². The molecule has 0 radical (unpaired) electrons. The fourth-order valence-electron chi connectivity index (χ4n) is 3.70. The third-order valence-electron chi connectivity index (χ3n) is 5.12. The molecule has 3 rings (SSSR count). The van der Waals surface area contributed by atoms with Crippen molar-refractivity contribution in [1.29, 1.82) is 0 Å². The van der Waals surface area contributed by atoms with Crippen molar-refractivity contribution in [2.45, 2.75) is 63.6 Å². The molecule has 1 aliphatic heterocycles. The van der Waals surface area contributed by atoms with Gasteiger partial charge in [-0.25, -0.2) is 0 Å². The van der Waals surface area contributed by atoms with E-state index < -0.39 is 0 Å². The van der Waals surface area contributed by atoms with Gasteiger partial charge < -0.3 is 10.1 Å². The van der Waals surface area contributed by atoms with Gasteiger partial charge in [-0.1, -0.05) is 37.5 Å². The molecule has 4 nitrogen and oxygen atoms in total. The largest absolute Gasteiger partial charge is 0.368 e. The molecule has 1 unspecified atom stereocenters. The maximum absolute atomic E-state index is 12.3.